The van der Waals surface area contributed by atoms with Gasteiger partial charge in [0.05, 0.1) is 0 Å². The van der Waals surface area contributed by atoms with Crippen molar-refractivity contribution in [2.45, 2.75) is 13.3 Å². The second kappa shape index (κ2) is 7.33. The maximum absolute atomic E-state index is 4.95. The van der Waals surface area contributed by atoms with Crippen LogP contribution in [0.2, 0.25) is 0 Å². The van der Waals surface area contributed by atoms with Crippen molar-refractivity contribution in [1.29, 1.82) is 0 Å². The lowest BCUT2D eigenvalue weighted by molar-refractivity contribution is 0.312. The van der Waals surface area contributed by atoms with Crippen molar-refractivity contribution in [1.82, 2.24) is 25.1 Å². The number of aryl methyl sites for hydroxylation is 1. The van der Waals surface area contributed by atoms with Gasteiger partial charge in [-0.15, -0.1) is 0 Å². The van der Waals surface area contributed by atoms with E-state index in [1.54, 1.807) is 0 Å². The van der Waals surface area contributed by atoms with Gasteiger partial charge in [0.1, 0.15) is 11.6 Å². The van der Waals surface area contributed by atoms with Crippen molar-refractivity contribution in [3.05, 3.63) is 59.0 Å². The van der Waals surface area contributed by atoms with E-state index in [-0.39, 0.29) is 0 Å². The van der Waals surface area contributed by atoms with Crippen LogP contribution in [0.25, 0.3) is 11.6 Å². The molecule has 1 aromatic carbocycles. The number of benzene rings is 1. The Hall–Kier alpha value is -3.19. The molecule has 1 aliphatic heterocycles. The number of hydrogen-bond donors (Lipinski definition) is 2. The topological polar surface area (TPSA) is 73.0 Å². The fraction of sp³-hybridized carbons (Fsp3) is 0.318. The summed E-state index contributed by atoms with van der Waals surface area (Å²) >= 11 is 0. The molecule has 7 heteroatoms. The van der Waals surface area contributed by atoms with Gasteiger partial charge >= 0.3 is 0 Å². The third kappa shape index (κ3) is 3.73. The summed E-state index contributed by atoms with van der Waals surface area (Å²) in [7, 11) is 2.16. The minimum Gasteiger partial charge on any atom is -0.354 e. The second-order valence-corrected chi connectivity index (χ2v) is 7.83. The Labute approximate surface area is 170 Å². The van der Waals surface area contributed by atoms with Gasteiger partial charge in [0.25, 0.3) is 0 Å². The highest BCUT2D eigenvalue weighted by Crippen LogP contribution is 2.32. The number of aromatic nitrogens is 4. The summed E-state index contributed by atoms with van der Waals surface area (Å²) in [4.78, 5) is 14.5. The van der Waals surface area contributed by atoms with Crippen LogP contribution < -0.4 is 10.2 Å². The van der Waals surface area contributed by atoms with Gasteiger partial charge < -0.3 is 15.1 Å². The predicted molar refractivity (Wildman–Crippen MR) is 116 cm³/mol. The Bertz CT molecular complexity index is 1060. The molecule has 0 amide bonds. The predicted octanol–water partition coefficient (Wildman–Crippen LogP) is 3.10. The Kier molecular flexibility index (Phi) is 4.52. The fourth-order valence-corrected chi connectivity index (χ4v) is 3.88. The lowest BCUT2D eigenvalue weighted by Gasteiger charge is -2.33. The van der Waals surface area contributed by atoms with Crippen LogP contribution >= 0.6 is 0 Å². The van der Waals surface area contributed by atoms with E-state index in [4.69, 9.17) is 9.97 Å². The van der Waals surface area contributed by atoms with Crippen molar-refractivity contribution in [3.8, 4) is 0 Å². The maximum atomic E-state index is 4.95. The molecule has 2 aromatic heterocycles. The fourth-order valence-electron chi connectivity index (χ4n) is 3.88. The standard InChI is InChI=1S/C22H25N7/c1-15-11-20(27-26-15)23-19-14-21(29-9-7-28(2)8-10-29)25-22(24-19)18-12-16-5-3-4-6-17(16)13-18/h3-6,11-12,14H,7-10,13H2,1-2H3,(H2,23,24,25,26,27). The van der Waals surface area contributed by atoms with Gasteiger partial charge in [-0.1, -0.05) is 24.3 Å². The van der Waals surface area contributed by atoms with Crippen molar-refractivity contribution in [3.63, 3.8) is 0 Å². The summed E-state index contributed by atoms with van der Waals surface area (Å²) in [5.74, 6) is 3.29. The van der Waals surface area contributed by atoms with Crippen LogP contribution in [-0.4, -0.2) is 58.3 Å². The number of hydrogen-bond acceptors (Lipinski definition) is 6. The molecule has 0 radical (unpaired) electrons. The number of aromatic amines is 1. The zero-order valence-corrected chi connectivity index (χ0v) is 16.8. The van der Waals surface area contributed by atoms with E-state index in [2.05, 4.69) is 62.7 Å². The first kappa shape index (κ1) is 17.9. The van der Waals surface area contributed by atoms with E-state index in [0.29, 0.717) is 0 Å². The molecule has 7 nitrogen and oxygen atoms in total. The molecule has 148 valence electrons. The van der Waals surface area contributed by atoms with Crippen LogP contribution in [0.5, 0.6) is 0 Å². The molecule has 0 unspecified atom stereocenters. The Balaban J connectivity index is 1.50. The molecule has 1 aliphatic carbocycles. The summed E-state index contributed by atoms with van der Waals surface area (Å²) in [6, 6.07) is 12.5. The van der Waals surface area contributed by atoms with Crippen molar-refractivity contribution in [2.24, 2.45) is 0 Å². The molecule has 2 aliphatic rings. The number of rotatable bonds is 4. The highest BCUT2D eigenvalue weighted by Gasteiger charge is 2.21. The number of anilines is 3. The number of fused-ring (bicyclic) bond motifs is 1. The lowest BCUT2D eigenvalue weighted by Crippen LogP contribution is -2.44. The monoisotopic (exact) mass is 387 g/mol. The average molecular weight is 387 g/mol. The van der Waals surface area contributed by atoms with E-state index in [9.17, 15) is 0 Å². The number of nitrogens with one attached hydrogen (secondary N) is 2. The van der Waals surface area contributed by atoms with Crippen molar-refractivity contribution < 1.29 is 0 Å². The molecule has 3 aromatic rings. The molecule has 5 rings (SSSR count). The SMILES string of the molecule is Cc1cc(Nc2cc(N3CCN(C)CC3)nc(C3=Cc4ccccc4C3)n2)n[nH]1. The molecule has 0 bridgehead atoms. The normalized spacial score (nSPS) is 16.6. The minimum atomic E-state index is 0.764. The van der Waals surface area contributed by atoms with Gasteiger partial charge in [-0.3, -0.25) is 5.10 Å². The quantitative estimate of drug-likeness (QED) is 0.717. The Morgan fingerprint density at radius 1 is 1.00 bits per heavy atom. The van der Waals surface area contributed by atoms with Crippen LogP contribution in [0.15, 0.2) is 36.4 Å². The average Bonchev–Trinajstić information content (AvgIpc) is 3.34. The summed E-state index contributed by atoms with van der Waals surface area (Å²) in [6.45, 7) is 5.99. The van der Waals surface area contributed by atoms with Gasteiger partial charge in [0.2, 0.25) is 0 Å². The number of allylic oxidation sites excluding steroid dienone is 1. The van der Waals surface area contributed by atoms with Crippen molar-refractivity contribution >= 4 is 29.1 Å². The van der Waals surface area contributed by atoms with Gasteiger partial charge in [-0.05, 0) is 31.2 Å². The number of likely N-dealkylation sites (N-methyl/N-ethyl adjacent to an activating group) is 1. The van der Waals surface area contributed by atoms with Crippen molar-refractivity contribution in [2.75, 3.05) is 43.4 Å². The van der Waals surface area contributed by atoms with Crippen LogP contribution in [0.1, 0.15) is 22.6 Å². The first-order valence-electron chi connectivity index (χ1n) is 10.0. The van der Waals surface area contributed by atoms with E-state index < -0.39 is 0 Å². The lowest BCUT2D eigenvalue weighted by atomic mass is 10.1. The van der Waals surface area contributed by atoms with Gasteiger partial charge in [-0.2, -0.15) is 5.10 Å². The zero-order chi connectivity index (χ0) is 19.8. The molecule has 2 N–H and O–H groups in total. The first-order chi connectivity index (χ1) is 14.1. The molecular formula is C22H25N7. The third-order valence-electron chi connectivity index (χ3n) is 5.55. The molecule has 0 saturated carbocycles. The summed E-state index contributed by atoms with van der Waals surface area (Å²) in [6.07, 6.45) is 3.07. The van der Waals surface area contributed by atoms with Crippen LogP contribution in [0.3, 0.4) is 0 Å². The molecule has 0 spiro atoms. The largest absolute Gasteiger partial charge is 0.354 e. The third-order valence-corrected chi connectivity index (χ3v) is 5.55. The Morgan fingerprint density at radius 2 is 1.83 bits per heavy atom. The van der Waals surface area contributed by atoms with E-state index in [1.165, 1.54) is 11.1 Å². The van der Waals surface area contributed by atoms with Gasteiger partial charge in [0.15, 0.2) is 11.6 Å². The zero-order valence-electron chi connectivity index (χ0n) is 16.8. The number of H-pyrrole nitrogens is 1. The summed E-state index contributed by atoms with van der Waals surface area (Å²) in [5.41, 5.74) is 4.75. The molecular weight excluding hydrogens is 362 g/mol. The summed E-state index contributed by atoms with van der Waals surface area (Å²) in [5, 5.41) is 10.6. The molecule has 1 saturated heterocycles. The molecule has 3 heterocycles. The smallest absolute Gasteiger partial charge is 0.160 e. The first-order valence-corrected chi connectivity index (χ1v) is 10.0. The Morgan fingerprint density at radius 3 is 2.59 bits per heavy atom. The minimum absolute atomic E-state index is 0.764. The maximum Gasteiger partial charge on any atom is 0.160 e. The van der Waals surface area contributed by atoms with Crippen LogP contribution in [0, 0.1) is 6.92 Å². The molecule has 29 heavy (non-hydrogen) atoms. The van der Waals surface area contributed by atoms with Gasteiger partial charge in [-0.25, -0.2) is 9.97 Å². The van der Waals surface area contributed by atoms with E-state index in [0.717, 1.165) is 67.1 Å². The molecule has 1 fully saturated rings. The highest BCUT2D eigenvalue weighted by molar-refractivity contribution is 5.87. The van der Waals surface area contributed by atoms with Crippen LogP contribution in [-0.2, 0) is 6.42 Å². The number of nitrogens with zero attached hydrogens (tertiary/aromatic N) is 5. The molecule has 0 atom stereocenters. The van der Waals surface area contributed by atoms with Gasteiger partial charge in [0, 0.05) is 56.0 Å². The second-order valence-electron chi connectivity index (χ2n) is 7.83. The highest BCUT2D eigenvalue weighted by atomic mass is 15.3. The van der Waals surface area contributed by atoms with E-state index >= 15 is 0 Å². The van der Waals surface area contributed by atoms with E-state index in [1.807, 2.05) is 19.1 Å². The van der Waals surface area contributed by atoms with Crippen LogP contribution in [0.4, 0.5) is 17.5 Å². The summed E-state index contributed by atoms with van der Waals surface area (Å²) < 4.78 is 0. The number of piperazine rings is 1.